The summed E-state index contributed by atoms with van der Waals surface area (Å²) in [5, 5.41) is 6.68. The molecule has 4 aromatic rings. The lowest BCUT2D eigenvalue weighted by molar-refractivity contribution is 0.0526. The molecule has 5 nitrogen and oxygen atoms in total. The second-order valence-corrected chi connectivity index (χ2v) is 6.06. The highest BCUT2D eigenvalue weighted by Gasteiger charge is 2.16. The van der Waals surface area contributed by atoms with Gasteiger partial charge in [0.1, 0.15) is 0 Å². The molecule has 25 heavy (non-hydrogen) atoms. The molecule has 0 bridgehead atoms. The minimum Gasteiger partial charge on any atom is -0.462 e. The maximum absolute atomic E-state index is 12.1. The van der Waals surface area contributed by atoms with Crippen LogP contribution in [0.3, 0.4) is 0 Å². The van der Waals surface area contributed by atoms with E-state index in [9.17, 15) is 4.79 Å². The number of ether oxygens (including phenoxy) is 1. The summed E-state index contributed by atoms with van der Waals surface area (Å²) in [6.07, 6.45) is 1.99. The van der Waals surface area contributed by atoms with Gasteiger partial charge in [0, 0.05) is 30.6 Å². The molecule has 4 rings (SSSR count). The van der Waals surface area contributed by atoms with Gasteiger partial charge in [0.15, 0.2) is 5.65 Å². The fourth-order valence-corrected chi connectivity index (χ4v) is 3.23. The molecule has 0 fully saturated rings. The molecule has 0 aliphatic heterocycles. The summed E-state index contributed by atoms with van der Waals surface area (Å²) in [5.41, 5.74) is 3.76. The van der Waals surface area contributed by atoms with Crippen LogP contribution >= 0.6 is 0 Å². The Labute approximate surface area is 145 Å². The van der Waals surface area contributed by atoms with E-state index in [4.69, 9.17) is 4.74 Å². The molecule has 0 spiro atoms. The first-order valence-corrected chi connectivity index (χ1v) is 8.34. The van der Waals surface area contributed by atoms with Crippen molar-refractivity contribution in [1.82, 2.24) is 14.3 Å². The van der Waals surface area contributed by atoms with Crippen molar-refractivity contribution in [2.75, 3.05) is 6.61 Å². The molecule has 0 atom stereocenters. The summed E-state index contributed by atoms with van der Waals surface area (Å²) in [6, 6.07) is 16.0. The number of esters is 1. The maximum atomic E-state index is 12.1. The number of carbonyl (C=O) groups excluding carboxylic acids is 1. The van der Waals surface area contributed by atoms with Crippen LogP contribution in [0.5, 0.6) is 0 Å². The van der Waals surface area contributed by atoms with Crippen LogP contribution in [0.2, 0.25) is 0 Å². The number of carbonyl (C=O) groups is 1. The number of nitrogens with zero attached hydrogens (tertiary/aromatic N) is 3. The van der Waals surface area contributed by atoms with Crippen molar-refractivity contribution < 1.29 is 9.53 Å². The number of aryl methyl sites for hydroxylation is 1. The van der Waals surface area contributed by atoms with Gasteiger partial charge in [0.25, 0.3) is 0 Å². The highest BCUT2D eigenvalue weighted by Crippen LogP contribution is 2.30. The molecule has 5 heteroatoms. The zero-order chi connectivity index (χ0) is 17.4. The molecule has 2 aromatic carbocycles. The van der Waals surface area contributed by atoms with E-state index in [-0.39, 0.29) is 5.97 Å². The number of aromatic nitrogens is 3. The van der Waals surface area contributed by atoms with Gasteiger partial charge in [-0.3, -0.25) is 4.68 Å². The van der Waals surface area contributed by atoms with Crippen LogP contribution in [0.4, 0.5) is 0 Å². The molecule has 0 saturated heterocycles. The van der Waals surface area contributed by atoms with Crippen molar-refractivity contribution in [3.63, 3.8) is 0 Å². The molecule has 0 N–H and O–H groups in total. The average Bonchev–Trinajstić information content (AvgIpc) is 3.13. The van der Waals surface area contributed by atoms with Crippen molar-refractivity contribution in [3.05, 3.63) is 65.9 Å². The van der Waals surface area contributed by atoms with Crippen LogP contribution in [0.15, 0.2) is 54.7 Å². The largest absolute Gasteiger partial charge is 0.462 e. The Morgan fingerprint density at radius 1 is 1.12 bits per heavy atom. The number of hydrogen-bond acceptors (Lipinski definition) is 3. The van der Waals surface area contributed by atoms with Crippen LogP contribution in [-0.4, -0.2) is 26.9 Å². The minimum atomic E-state index is -0.294. The lowest BCUT2D eigenvalue weighted by Crippen LogP contribution is -2.05. The number of hydrogen-bond donors (Lipinski definition) is 0. The van der Waals surface area contributed by atoms with E-state index in [1.165, 1.54) is 5.56 Å². The number of benzene rings is 2. The second kappa shape index (κ2) is 6.09. The van der Waals surface area contributed by atoms with E-state index in [0.29, 0.717) is 12.2 Å². The molecule has 0 radical (unpaired) electrons. The minimum absolute atomic E-state index is 0.294. The van der Waals surface area contributed by atoms with Crippen molar-refractivity contribution in [2.45, 2.75) is 13.5 Å². The topological polar surface area (TPSA) is 49.1 Å². The summed E-state index contributed by atoms with van der Waals surface area (Å²) in [7, 11) is 1.91. The van der Waals surface area contributed by atoms with E-state index in [2.05, 4.69) is 21.8 Å². The first kappa shape index (κ1) is 15.4. The summed E-state index contributed by atoms with van der Waals surface area (Å²) < 4.78 is 9.13. The first-order valence-electron chi connectivity index (χ1n) is 8.34. The van der Waals surface area contributed by atoms with Crippen molar-refractivity contribution in [2.24, 2.45) is 7.05 Å². The van der Waals surface area contributed by atoms with Crippen molar-refractivity contribution in [3.8, 4) is 0 Å². The lowest BCUT2D eigenvalue weighted by Gasteiger charge is -2.07. The van der Waals surface area contributed by atoms with Crippen LogP contribution in [0.25, 0.3) is 21.9 Å². The Bertz CT molecular complexity index is 1060. The SMILES string of the molecule is CCOC(=O)c1ccc2c(c1)c1cn(C)nc1n2Cc1ccccc1. The summed E-state index contributed by atoms with van der Waals surface area (Å²) in [5.74, 6) is -0.294. The molecule has 0 aliphatic carbocycles. The van der Waals surface area contributed by atoms with Crippen LogP contribution in [0.1, 0.15) is 22.8 Å². The predicted octanol–water partition coefficient (Wildman–Crippen LogP) is 3.75. The Morgan fingerprint density at radius 2 is 1.92 bits per heavy atom. The fourth-order valence-electron chi connectivity index (χ4n) is 3.23. The maximum Gasteiger partial charge on any atom is 0.338 e. The standard InChI is InChI=1S/C20H19N3O2/c1-3-25-20(24)15-9-10-18-16(11-15)17-13-22(2)21-19(17)23(18)12-14-7-5-4-6-8-14/h4-11,13H,3,12H2,1-2H3. The second-order valence-electron chi connectivity index (χ2n) is 6.06. The first-order chi connectivity index (χ1) is 12.2. The van der Waals surface area contributed by atoms with E-state index >= 15 is 0 Å². The van der Waals surface area contributed by atoms with E-state index in [1.807, 2.05) is 61.2 Å². The fraction of sp³-hybridized carbons (Fsp3) is 0.200. The number of fused-ring (bicyclic) bond motifs is 3. The number of rotatable bonds is 4. The van der Waals surface area contributed by atoms with Gasteiger partial charge < -0.3 is 9.30 Å². The smallest absolute Gasteiger partial charge is 0.338 e. The van der Waals surface area contributed by atoms with Gasteiger partial charge in [0.05, 0.1) is 17.7 Å². The lowest BCUT2D eigenvalue weighted by atomic mass is 10.1. The van der Waals surface area contributed by atoms with Gasteiger partial charge in [-0.15, -0.1) is 0 Å². The quantitative estimate of drug-likeness (QED) is 0.534. The monoisotopic (exact) mass is 333 g/mol. The third-order valence-electron chi connectivity index (χ3n) is 4.34. The van der Waals surface area contributed by atoms with Crippen LogP contribution in [-0.2, 0) is 18.3 Å². The third-order valence-corrected chi connectivity index (χ3v) is 4.34. The van der Waals surface area contributed by atoms with E-state index in [0.717, 1.165) is 28.5 Å². The van der Waals surface area contributed by atoms with Crippen molar-refractivity contribution in [1.29, 1.82) is 0 Å². The van der Waals surface area contributed by atoms with Crippen LogP contribution < -0.4 is 0 Å². The molecule has 0 aliphatic rings. The Hall–Kier alpha value is -3.08. The van der Waals surface area contributed by atoms with Crippen molar-refractivity contribution >= 4 is 27.9 Å². The summed E-state index contributed by atoms with van der Waals surface area (Å²) in [6.45, 7) is 2.91. The Kier molecular flexibility index (Phi) is 3.76. The average molecular weight is 333 g/mol. The third kappa shape index (κ3) is 2.67. The molecule has 126 valence electrons. The van der Waals surface area contributed by atoms with Gasteiger partial charge in [-0.05, 0) is 30.7 Å². The summed E-state index contributed by atoms with van der Waals surface area (Å²) in [4.78, 5) is 12.1. The van der Waals surface area contributed by atoms with E-state index in [1.54, 1.807) is 0 Å². The van der Waals surface area contributed by atoms with Gasteiger partial charge in [-0.25, -0.2) is 4.79 Å². The molecule has 0 unspecified atom stereocenters. The molecule has 2 heterocycles. The highest BCUT2D eigenvalue weighted by molar-refractivity contribution is 6.09. The Morgan fingerprint density at radius 3 is 2.68 bits per heavy atom. The van der Waals surface area contributed by atoms with E-state index < -0.39 is 0 Å². The van der Waals surface area contributed by atoms with Gasteiger partial charge in [0.2, 0.25) is 0 Å². The zero-order valence-electron chi connectivity index (χ0n) is 14.3. The molecule has 0 saturated carbocycles. The molecule has 0 amide bonds. The Balaban J connectivity index is 1.90. The summed E-state index contributed by atoms with van der Waals surface area (Å²) >= 11 is 0. The molecular formula is C20H19N3O2. The van der Waals surface area contributed by atoms with Gasteiger partial charge in [-0.2, -0.15) is 5.10 Å². The normalized spacial score (nSPS) is 11.3. The predicted molar refractivity (Wildman–Crippen MR) is 97.7 cm³/mol. The zero-order valence-corrected chi connectivity index (χ0v) is 14.3. The van der Waals surface area contributed by atoms with Crippen LogP contribution in [0, 0.1) is 0 Å². The highest BCUT2D eigenvalue weighted by atomic mass is 16.5. The molecular weight excluding hydrogens is 314 g/mol. The molecule has 2 aromatic heterocycles. The van der Waals surface area contributed by atoms with Gasteiger partial charge >= 0.3 is 5.97 Å². The van der Waals surface area contributed by atoms with Gasteiger partial charge in [-0.1, -0.05) is 30.3 Å².